The highest BCUT2D eigenvalue weighted by molar-refractivity contribution is 7.86. The van der Waals surface area contributed by atoms with Crippen molar-refractivity contribution in [1.29, 1.82) is 0 Å². The highest BCUT2D eigenvalue weighted by Crippen LogP contribution is 2.14. The minimum absolute atomic E-state index is 0.0826. The van der Waals surface area contributed by atoms with Gasteiger partial charge in [0.2, 0.25) is 5.91 Å². The van der Waals surface area contributed by atoms with Crippen LogP contribution in [0.1, 0.15) is 19.3 Å². The lowest BCUT2D eigenvalue weighted by Gasteiger charge is -2.37. The molecule has 2 fully saturated rings. The van der Waals surface area contributed by atoms with E-state index in [0.29, 0.717) is 26.2 Å². The summed E-state index contributed by atoms with van der Waals surface area (Å²) in [7, 11) is -0.308. The normalized spacial score (nSPS) is 25.9. The van der Waals surface area contributed by atoms with Crippen molar-refractivity contribution < 1.29 is 13.2 Å². The van der Waals surface area contributed by atoms with E-state index in [-0.39, 0.29) is 11.9 Å². The van der Waals surface area contributed by atoms with Crippen LogP contribution in [0.4, 0.5) is 0 Å². The first-order valence-corrected chi connectivity index (χ1v) is 8.52. The maximum atomic E-state index is 12.3. The van der Waals surface area contributed by atoms with Crippen molar-refractivity contribution in [3.05, 3.63) is 0 Å². The van der Waals surface area contributed by atoms with Gasteiger partial charge in [-0.25, -0.2) is 0 Å². The number of hydrogen-bond donors (Lipinski definition) is 1. The summed E-state index contributed by atoms with van der Waals surface area (Å²) in [6.45, 7) is 2.59. The van der Waals surface area contributed by atoms with E-state index in [9.17, 15) is 13.2 Å². The third-order valence-corrected chi connectivity index (χ3v) is 5.89. The summed E-state index contributed by atoms with van der Waals surface area (Å²) in [4.78, 5) is 14.1. The Kier molecular flexibility index (Phi) is 5.00. The molecule has 0 aromatic carbocycles. The Balaban J connectivity index is 1.89. The van der Waals surface area contributed by atoms with Crippen LogP contribution in [0.5, 0.6) is 0 Å². The van der Waals surface area contributed by atoms with Crippen LogP contribution in [0, 0.1) is 0 Å². The van der Waals surface area contributed by atoms with Gasteiger partial charge in [0.1, 0.15) is 0 Å². The molecule has 1 N–H and O–H groups in total. The quantitative estimate of drug-likeness (QED) is 0.732. The van der Waals surface area contributed by atoms with Gasteiger partial charge in [-0.1, -0.05) is 6.42 Å². The summed E-state index contributed by atoms with van der Waals surface area (Å²) in [5, 5.41) is 3.24. The van der Waals surface area contributed by atoms with Crippen molar-refractivity contribution in [3.8, 4) is 0 Å². The lowest BCUT2D eigenvalue weighted by Crippen LogP contribution is -2.57. The zero-order chi connectivity index (χ0) is 14.8. The van der Waals surface area contributed by atoms with E-state index < -0.39 is 10.2 Å². The van der Waals surface area contributed by atoms with Gasteiger partial charge in [0.05, 0.1) is 6.04 Å². The van der Waals surface area contributed by atoms with Gasteiger partial charge >= 0.3 is 0 Å². The Labute approximate surface area is 121 Å². The molecule has 116 valence electrons. The number of hydrogen-bond acceptors (Lipinski definition) is 4. The van der Waals surface area contributed by atoms with Crippen molar-refractivity contribution in [1.82, 2.24) is 18.8 Å². The van der Waals surface area contributed by atoms with Crippen LogP contribution in [-0.2, 0) is 15.0 Å². The van der Waals surface area contributed by atoms with Gasteiger partial charge in [-0.15, -0.1) is 0 Å². The lowest BCUT2D eigenvalue weighted by atomic mass is 10.0. The number of piperazine rings is 1. The molecule has 0 aliphatic carbocycles. The van der Waals surface area contributed by atoms with Crippen LogP contribution in [0.15, 0.2) is 0 Å². The summed E-state index contributed by atoms with van der Waals surface area (Å²) >= 11 is 0. The fraction of sp³-hybridized carbons (Fsp3) is 0.917. The Morgan fingerprint density at radius 2 is 1.80 bits per heavy atom. The third-order valence-electron chi connectivity index (χ3n) is 3.95. The number of nitrogens with one attached hydrogen (secondary N) is 1. The molecule has 0 spiro atoms. The van der Waals surface area contributed by atoms with Gasteiger partial charge in [-0.3, -0.25) is 4.79 Å². The van der Waals surface area contributed by atoms with Gasteiger partial charge in [0, 0.05) is 40.3 Å². The Morgan fingerprint density at radius 3 is 2.30 bits per heavy atom. The van der Waals surface area contributed by atoms with Crippen molar-refractivity contribution in [2.75, 3.05) is 46.8 Å². The molecule has 0 aromatic heterocycles. The molecule has 2 heterocycles. The van der Waals surface area contributed by atoms with E-state index in [1.807, 2.05) is 0 Å². The summed E-state index contributed by atoms with van der Waals surface area (Å²) in [6, 6.07) is -0.0826. The lowest BCUT2D eigenvalue weighted by molar-refractivity contribution is -0.135. The molecule has 7 nitrogen and oxygen atoms in total. The van der Waals surface area contributed by atoms with Crippen LogP contribution in [0.25, 0.3) is 0 Å². The molecule has 0 aromatic rings. The Morgan fingerprint density at radius 1 is 1.15 bits per heavy atom. The van der Waals surface area contributed by atoms with E-state index in [2.05, 4.69) is 5.32 Å². The SMILES string of the molecule is CN(C)S(=O)(=O)N1CCN(C(=O)C2CCCCN2)CC1. The molecule has 20 heavy (non-hydrogen) atoms. The largest absolute Gasteiger partial charge is 0.339 e. The molecule has 2 aliphatic rings. The third kappa shape index (κ3) is 3.30. The van der Waals surface area contributed by atoms with Crippen molar-refractivity contribution in [2.45, 2.75) is 25.3 Å². The molecular weight excluding hydrogens is 280 g/mol. The number of rotatable bonds is 3. The highest BCUT2D eigenvalue weighted by atomic mass is 32.2. The van der Waals surface area contributed by atoms with Crippen LogP contribution in [-0.4, -0.2) is 80.7 Å². The fourth-order valence-corrected chi connectivity index (χ4v) is 3.74. The van der Waals surface area contributed by atoms with Gasteiger partial charge in [-0.2, -0.15) is 17.0 Å². The average Bonchev–Trinajstić information content (AvgIpc) is 2.47. The zero-order valence-electron chi connectivity index (χ0n) is 12.2. The topological polar surface area (TPSA) is 73.0 Å². The smallest absolute Gasteiger partial charge is 0.281 e. The van der Waals surface area contributed by atoms with E-state index in [0.717, 1.165) is 25.8 Å². The summed E-state index contributed by atoms with van der Waals surface area (Å²) in [5.41, 5.74) is 0. The summed E-state index contributed by atoms with van der Waals surface area (Å²) in [6.07, 6.45) is 3.09. The molecule has 1 unspecified atom stereocenters. The standard InChI is InChI=1S/C12H24N4O3S/c1-14(2)20(18,19)16-9-7-15(8-10-16)12(17)11-5-3-4-6-13-11/h11,13H,3-10H2,1-2H3. The maximum absolute atomic E-state index is 12.3. The van der Waals surface area contributed by atoms with Crippen molar-refractivity contribution >= 4 is 16.1 Å². The highest BCUT2D eigenvalue weighted by Gasteiger charge is 2.32. The Hall–Kier alpha value is -0.700. The molecule has 8 heteroatoms. The number of piperidine rings is 1. The number of nitrogens with zero attached hydrogens (tertiary/aromatic N) is 3. The summed E-state index contributed by atoms with van der Waals surface area (Å²) < 4.78 is 26.7. The second-order valence-electron chi connectivity index (χ2n) is 5.52. The molecule has 0 bridgehead atoms. The molecule has 0 saturated carbocycles. The van der Waals surface area contributed by atoms with Crippen molar-refractivity contribution in [3.63, 3.8) is 0 Å². The second kappa shape index (κ2) is 6.38. The predicted molar refractivity (Wildman–Crippen MR) is 76.4 cm³/mol. The molecular formula is C12H24N4O3S. The predicted octanol–water partition coefficient (Wildman–Crippen LogP) is -0.921. The maximum Gasteiger partial charge on any atom is 0.281 e. The van der Waals surface area contributed by atoms with Gasteiger partial charge in [0.25, 0.3) is 10.2 Å². The van der Waals surface area contributed by atoms with Crippen molar-refractivity contribution in [2.24, 2.45) is 0 Å². The second-order valence-corrected chi connectivity index (χ2v) is 7.66. The first-order valence-electron chi connectivity index (χ1n) is 7.12. The van der Waals surface area contributed by atoms with Crippen LogP contribution < -0.4 is 5.32 Å². The number of carbonyl (C=O) groups excluding carboxylic acids is 1. The van der Waals surface area contributed by atoms with E-state index in [1.165, 1.54) is 22.7 Å². The zero-order valence-corrected chi connectivity index (χ0v) is 13.0. The van der Waals surface area contributed by atoms with E-state index in [4.69, 9.17) is 0 Å². The summed E-state index contributed by atoms with van der Waals surface area (Å²) in [5.74, 6) is 0.117. The fourth-order valence-electron chi connectivity index (χ4n) is 2.65. The molecule has 2 rings (SSSR count). The monoisotopic (exact) mass is 304 g/mol. The average molecular weight is 304 g/mol. The van der Waals surface area contributed by atoms with E-state index >= 15 is 0 Å². The molecule has 0 radical (unpaired) electrons. The first-order chi connectivity index (χ1) is 9.43. The van der Waals surface area contributed by atoms with Crippen LogP contribution in [0.3, 0.4) is 0 Å². The van der Waals surface area contributed by atoms with Crippen LogP contribution >= 0.6 is 0 Å². The number of carbonyl (C=O) groups is 1. The minimum atomic E-state index is -3.36. The minimum Gasteiger partial charge on any atom is -0.339 e. The van der Waals surface area contributed by atoms with E-state index in [1.54, 1.807) is 4.90 Å². The van der Waals surface area contributed by atoms with Gasteiger partial charge in [-0.05, 0) is 19.4 Å². The molecule has 1 amide bonds. The number of amides is 1. The van der Waals surface area contributed by atoms with Gasteiger partial charge in [0.15, 0.2) is 0 Å². The molecule has 1 atom stereocenters. The Bertz CT molecular complexity index is 438. The molecule has 2 aliphatic heterocycles. The first kappa shape index (κ1) is 15.7. The van der Waals surface area contributed by atoms with Crippen LogP contribution in [0.2, 0.25) is 0 Å². The molecule has 2 saturated heterocycles. The van der Waals surface area contributed by atoms with Gasteiger partial charge < -0.3 is 10.2 Å².